The molecule has 0 bridgehead atoms. The molecule has 0 unspecified atom stereocenters. The molecule has 21 nitrogen and oxygen atoms in total. The van der Waals surface area contributed by atoms with E-state index in [0.29, 0.717) is 61.4 Å². The Labute approximate surface area is 347 Å². The summed E-state index contributed by atoms with van der Waals surface area (Å²) < 4.78 is 0. The van der Waals surface area contributed by atoms with Crippen LogP contribution in [0.5, 0.6) is 0 Å². The summed E-state index contributed by atoms with van der Waals surface area (Å²) in [5.41, 5.74) is 23.6. The molecular formula is C39H56N14O7. The smallest absolute Gasteiger partial charge is 0.257 e. The van der Waals surface area contributed by atoms with Crippen LogP contribution in [0.1, 0.15) is 62.7 Å². The van der Waals surface area contributed by atoms with Crippen molar-refractivity contribution in [3.8, 4) is 0 Å². The number of nitrogens with zero attached hydrogens (tertiary/aromatic N) is 4. The van der Waals surface area contributed by atoms with E-state index in [1.54, 1.807) is 47.4 Å². The highest BCUT2D eigenvalue weighted by molar-refractivity contribution is 6.18. The largest absolute Gasteiger partial charge is 0.370 e. The molecule has 3 atom stereocenters. The van der Waals surface area contributed by atoms with Gasteiger partial charge in [-0.15, -0.1) is 0 Å². The number of rotatable bonds is 19. The van der Waals surface area contributed by atoms with Gasteiger partial charge in [0, 0.05) is 39.1 Å². The Morgan fingerprint density at radius 1 is 0.800 bits per heavy atom. The first kappa shape index (κ1) is 46.1. The second kappa shape index (κ2) is 22.5. The number of nitrogens with two attached hydrogens (primary N) is 4. The van der Waals surface area contributed by atoms with E-state index < -0.39 is 41.8 Å². The number of piperidine rings is 1. The number of nitrogens with one attached hydrogen (secondary N) is 6. The Morgan fingerprint density at radius 3 is 2.03 bits per heavy atom. The summed E-state index contributed by atoms with van der Waals surface area (Å²) in [6.45, 7) is 3.93. The number of para-hydroxylation sites is 3. The third-order valence-corrected chi connectivity index (χ3v) is 9.74. The fourth-order valence-corrected chi connectivity index (χ4v) is 6.75. The maximum Gasteiger partial charge on any atom is 0.257 e. The molecule has 21 heteroatoms. The average molecular weight is 833 g/mol. The Hall–Kier alpha value is -6.61. The highest BCUT2D eigenvalue weighted by Gasteiger charge is 2.32. The minimum Gasteiger partial charge on any atom is -0.370 e. The van der Waals surface area contributed by atoms with Gasteiger partial charge in [0.25, 0.3) is 5.91 Å². The average Bonchev–Trinajstić information content (AvgIpc) is 3.32. The first-order valence-corrected chi connectivity index (χ1v) is 19.7. The van der Waals surface area contributed by atoms with Gasteiger partial charge in [0.15, 0.2) is 11.9 Å². The molecule has 0 spiro atoms. The third kappa shape index (κ3) is 14.0. The highest BCUT2D eigenvalue weighted by Crippen LogP contribution is 2.37. The molecule has 1 fully saturated rings. The van der Waals surface area contributed by atoms with Crippen LogP contribution in [-0.2, 0) is 28.8 Å². The van der Waals surface area contributed by atoms with Crippen molar-refractivity contribution in [1.82, 2.24) is 31.5 Å². The number of fused-ring (bicyclic) bond motifs is 2. The van der Waals surface area contributed by atoms with Gasteiger partial charge in [-0.05, 0) is 69.7 Å². The number of anilines is 3. The normalized spacial score (nSPS) is 15.3. The monoisotopic (exact) mass is 832 g/mol. The van der Waals surface area contributed by atoms with Crippen LogP contribution in [0.2, 0.25) is 0 Å². The van der Waals surface area contributed by atoms with Crippen LogP contribution in [0.3, 0.4) is 0 Å². The van der Waals surface area contributed by atoms with Gasteiger partial charge in [-0.1, -0.05) is 24.3 Å². The maximum absolute atomic E-state index is 13.9. The molecule has 14 N–H and O–H groups in total. The van der Waals surface area contributed by atoms with Crippen LogP contribution in [-0.4, -0.2) is 122 Å². The molecule has 1 saturated heterocycles. The number of benzene rings is 2. The minimum atomic E-state index is -1.11. The standard InChI is InChI=1S/C39H56N14O7/c1-23(34(57)51-29(37(60)48-24(2)54)12-8-18-45-39(42)43)47-36(59)28(11-7-17-44-38(40)41)46-21-32(55)49-25-15-19-52(20-16-25)22-33(56)53-30-13-5-3-9-26(30)35(58)50-27-10-4-6-14-31(27)53/h3-6,9-10,13-14,23,25,28-29,46H,7-8,11-12,15-22H2,1-2H3,(H,47,59)(H,49,55)(H,50,58)(H,51,57)(H4,40,41,44)(H4,42,43,45)(H,48,54,60)/t23-,28-,29-/m0/s1. The number of likely N-dealkylation sites (tertiary alicyclic amines) is 1. The molecule has 2 aliphatic heterocycles. The van der Waals surface area contributed by atoms with Crippen LogP contribution in [0, 0.1) is 0 Å². The van der Waals surface area contributed by atoms with Gasteiger partial charge in [-0.25, -0.2) is 0 Å². The van der Waals surface area contributed by atoms with Crippen LogP contribution < -0.4 is 59.7 Å². The zero-order chi connectivity index (χ0) is 43.8. The highest BCUT2D eigenvalue weighted by atomic mass is 16.2. The van der Waals surface area contributed by atoms with E-state index in [-0.39, 0.29) is 74.7 Å². The number of imide groups is 1. The van der Waals surface area contributed by atoms with Gasteiger partial charge in [0.05, 0.1) is 41.8 Å². The fourth-order valence-electron chi connectivity index (χ4n) is 6.75. The van der Waals surface area contributed by atoms with E-state index in [2.05, 4.69) is 41.9 Å². The number of hydrogen-bond acceptors (Lipinski definition) is 11. The summed E-state index contributed by atoms with van der Waals surface area (Å²) in [5, 5.41) is 16.2. The zero-order valence-corrected chi connectivity index (χ0v) is 33.9. The van der Waals surface area contributed by atoms with Crippen molar-refractivity contribution in [2.45, 2.75) is 76.5 Å². The van der Waals surface area contributed by atoms with Crippen LogP contribution in [0.4, 0.5) is 17.1 Å². The van der Waals surface area contributed by atoms with E-state index in [1.807, 2.05) is 11.0 Å². The maximum atomic E-state index is 13.9. The van der Waals surface area contributed by atoms with Gasteiger partial charge in [-0.2, -0.15) is 0 Å². The lowest BCUT2D eigenvalue weighted by molar-refractivity contribution is -0.134. The van der Waals surface area contributed by atoms with E-state index in [9.17, 15) is 33.6 Å². The Bertz CT molecular complexity index is 1940. The molecule has 7 amide bonds. The molecule has 4 rings (SSSR count). The summed E-state index contributed by atoms with van der Waals surface area (Å²) in [6.07, 6.45) is 2.13. The number of carbonyl (C=O) groups excluding carboxylic acids is 7. The fraction of sp³-hybridized carbons (Fsp3) is 0.462. The molecule has 2 aliphatic rings. The van der Waals surface area contributed by atoms with Crippen molar-refractivity contribution >= 4 is 70.3 Å². The number of aliphatic imine (C=N–C) groups is 2. The van der Waals surface area contributed by atoms with Crippen LogP contribution in [0.15, 0.2) is 58.5 Å². The number of guanidine groups is 2. The van der Waals surface area contributed by atoms with Crippen molar-refractivity contribution in [3.63, 3.8) is 0 Å². The van der Waals surface area contributed by atoms with Crippen molar-refractivity contribution in [2.75, 3.05) is 49.5 Å². The molecule has 0 radical (unpaired) electrons. The topological polar surface area (TPSA) is 327 Å². The van der Waals surface area contributed by atoms with Crippen molar-refractivity contribution in [1.29, 1.82) is 0 Å². The Kier molecular flexibility index (Phi) is 17.3. The van der Waals surface area contributed by atoms with Crippen LogP contribution >= 0.6 is 0 Å². The Morgan fingerprint density at radius 2 is 1.40 bits per heavy atom. The van der Waals surface area contributed by atoms with Gasteiger partial charge < -0.3 is 44.2 Å². The molecule has 0 saturated carbocycles. The molecule has 324 valence electrons. The summed E-state index contributed by atoms with van der Waals surface area (Å²) in [6, 6.07) is 10.8. The second-order valence-corrected chi connectivity index (χ2v) is 14.5. The summed E-state index contributed by atoms with van der Waals surface area (Å²) in [4.78, 5) is 102. The lowest BCUT2D eigenvalue weighted by atomic mass is 10.0. The molecular weight excluding hydrogens is 777 g/mol. The summed E-state index contributed by atoms with van der Waals surface area (Å²) >= 11 is 0. The van der Waals surface area contributed by atoms with E-state index in [1.165, 1.54) is 6.92 Å². The van der Waals surface area contributed by atoms with E-state index >= 15 is 0 Å². The molecule has 60 heavy (non-hydrogen) atoms. The summed E-state index contributed by atoms with van der Waals surface area (Å²) in [5.74, 6) is -3.71. The second-order valence-electron chi connectivity index (χ2n) is 14.5. The lowest BCUT2D eigenvalue weighted by Gasteiger charge is -2.33. The SMILES string of the molecule is CC(=O)NC(=O)[C@H](CCCN=C(N)N)NC(=O)[C@H](C)NC(=O)[C@H](CCCN=C(N)N)NCC(=O)NC1CCN(CC(=O)N2c3ccccc3NC(=O)c3ccccc32)CC1. The van der Waals surface area contributed by atoms with Crippen molar-refractivity contribution < 1.29 is 33.6 Å². The first-order valence-electron chi connectivity index (χ1n) is 19.7. The predicted octanol–water partition coefficient (Wildman–Crippen LogP) is -1.78. The van der Waals surface area contributed by atoms with Gasteiger partial charge >= 0.3 is 0 Å². The lowest BCUT2D eigenvalue weighted by Crippen LogP contribution is -2.56. The van der Waals surface area contributed by atoms with Gasteiger partial charge in [0.2, 0.25) is 35.4 Å². The van der Waals surface area contributed by atoms with Gasteiger partial charge in [0.1, 0.15) is 12.1 Å². The molecule has 0 aliphatic carbocycles. The molecule has 2 aromatic carbocycles. The third-order valence-electron chi connectivity index (χ3n) is 9.74. The van der Waals surface area contributed by atoms with Gasteiger partial charge in [-0.3, -0.25) is 64.0 Å². The minimum absolute atomic E-state index is 0.0951. The number of hydrogen-bond donors (Lipinski definition) is 10. The molecule has 0 aromatic heterocycles. The first-order chi connectivity index (χ1) is 28.6. The number of amides is 7. The predicted molar refractivity (Wildman–Crippen MR) is 226 cm³/mol. The quantitative estimate of drug-likeness (QED) is 0.0426. The number of carbonyl (C=O) groups is 7. The molecule has 2 heterocycles. The Balaban J connectivity index is 1.30. The summed E-state index contributed by atoms with van der Waals surface area (Å²) in [7, 11) is 0. The van der Waals surface area contributed by atoms with Crippen molar-refractivity contribution in [2.24, 2.45) is 32.9 Å². The van der Waals surface area contributed by atoms with E-state index in [4.69, 9.17) is 22.9 Å². The van der Waals surface area contributed by atoms with E-state index in [0.717, 1.165) is 6.92 Å². The zero-order valence-electron chi connectivity index (χ0n) is 33.9. The molecule has 2 aromatic rings. The van der Waals surface area contributed by atoms with Crippen molar-refractivity contribution in [3.05, 3.63) is 54.1 Å². The van der Waals surface area contributed by atoms with Crippen LogP contribution in [0.25, 0.3) is 0 Å².